The molecule has 0 saturated carbocycles. The third-order valence-electron chi connectivity index (χ3n) is 4.95. The Hall–Kier alpha value is -2.85. The number of H-pyrrole nitrogens is 1. The molecule has 3 aromatic carbocycles. The second kappa shape index (κ2) is 8.25. The lowest BCUT2D eigenvalue weighted by molar-refractivity contribution is 0.586. The van der Waals surface area contributed by atoms with Gasteiger partial charge in [0.2, 0.25) is 9.84 Å². The number of aromatic nitrogens is 1. The van der Waals surface area contributed by atoms with Crippen molar-refractivity contribution in [1.29, 1.82) is 0 Å². The number of hydrogen-bond acceptors (Lipinski definition) is 5. The minimum absolute atomic E-state index is 0.0153. The maximum absolute atomic E-state index is 13.5. The number of hydrazine groups is 1. The molecule has 10 heteroatoms. The molecule has 0 aliphatic carbocycles. The molecule has 0 bridgehead atoms. The molecule has 0 fully saturated rings. The van der Waals surface area contributed by atoms with Crippen molar-refractivity contribution in [3.05, 3.63) is 82.9 Å². The molecular formula is C22H20ClN3O4S2. The number of sulfone groups is 1. The van der Waals surface area contributed by atoms with Crippen LogP contribution in [0.4, 0.5) is 5.82 Å². The van der Waals surface area contributed by atoms with Gasteiger partial charge in [0.1, 0.15) is 10.7 Å². The third kappa shape index (κ3) is 4.24. The largest absolute Gasteiger partial charge is 0.339 e. The van der Waals surface area contributed by atoms with Crippen LogP contribution >= 0.6 is 11.6 Å². The van der Waals surface area contributed by atoms with Crippen LogP contribution < -0.4 is 10.3 Å². The quantitative estimate of drug-likeness (QED) is 0.344. The van der Waals surface area contributed by atoms with Crippen LogP contribution in [0.5, 0.6) is 0 Å². The van der Waals surface area contributed by atoms with Gasteiger partial charge < -0.3 is 4.98 Å². The summed E-state index contributed by atoms with van der Waals surface area (Å²) < 4.78 is 52.4. The summed E-state index contributed by atoms with van der Waals surface area (Å²) >= 11 is 6.07. The molecule has 1 heterocycles. The molecule has 0 atom stereocenters. The van der Waals surface area contributed by atoms with Gasteiger partial charge in [-0.2, -0.15) is 0 Å². The van der Waals surface area contributed by atoms with Crippen molar-refractivity contribution in [2.45, 2.75) is 28.5 Å². The monoisotopic (exact) mass is 489 g/mol. The summed E-state index contributed by atoms with van der Waals surface area (Å²) in [6.45, 7) is 3.71. The fraction of sp³-hybridized carbons (Fsp3) is 0.0909. The lowest BCUT2D eigenvalue weighted by Gasteiger charge is -2.11. The molecule has 7 nitrogen and oxygen atoms in total. The van der Waals surface area contributed by atoms with Crippen molar-refractivity contribution in [2.75, 3.05) is 5.43 Å². The number of halogens is 1. The first-order chi connectivity index (χ1) is 15.1. The molecule has 32 heavy (non-hydrogen) atoms. The summed E-state index contributed by atoms with van der Waals surface area (Å²) in [4.78, 5) is 5.22. The molecule has 4 rings (SSSR count). The summed E-state index contributed by atoms with van der Waals surface area (Å²) in [6, 6.07) is 17.4. The van der Waals surface area contributed by atoms with Crippen molar-refractivity contribution in [3.63, 3.8) is 0 Å². The second-order valence-electron chi connectivity index (χ2n) is 7.38. The molecule has 0 aliphatic rings. The molecule has 0 spiro atoms. The van der Waals surface area contributed by atoms with E-state index < -0.39 is 19.9 Å². The van der Waals surface area contributed by atoms with E-state index in [2.05, 4.69) is 15.2 Å². The van der Waals surface area contributed by atoms with Crippen molar-refractivity contribution in [1.82, 2.24) is 9.82 Å². The van der Waals surface area contributed by atoms with E-state index in [1.807, 2.05) is 13.8 Å². The number of aromatic amines is 1. The first-order valence-electron chi connectivity index (χ1n) is 9.55. The number of rotatable bonds is 6. The average molecular weight is 490 g/mol. The molecule has 0 saturated heterocycles. The lowest BCUT2D eigenvalue weighted by atomic mass is 10.2. The van der Waals surface area contributed by atoms with Crippen LogP contribution in [0.2, 0.25) is 5.02 Å². The van der Waals surface area contributed by atoms with Crippen LogP contribution in [0.15, 0.2) is 81.4 Å². The number of fused-ring (bicyclic) bond motifs is 1. The first-order valence-corrected chi connectivity index (χ1v) is 12.9. The van der Waals surface area contributed by atoms with Gasteiger partial charge in [-0.1, -0.05) is 47.0 Å². The van der Waals surface area contributed by atoms with Gasteiger partial charge in [-0.15, -0.1) is 4.83 Å². The number of benzene rings is 3. The average Bonchev–Trinajstić information content (AvgIpc) is 3.11. The summed E-state index contributed by atoms with van der Waals surface area (Å²) in [6.07, 6.45) is 0. The van der Waals surface area contributed by atoms with Gasteiger partial charge >= 0.3 is 0 Å². The van der Waals surface area contributed by atoms with Gasteiger partial charge in [0, 0.05) is 15.9 Å². The van der Waals surface area contributed by atoms with Gasteiger partial charge in [-0.25, -0.2) is 16.8 Å². The maximum Gasteiger partial charge on any atom is 0.257 e. The summed E-state index contributed by atoms with van der Waals surface area (Å²) in [7, 11) is -7.95. The molecule has 3 N–H and O–H groups in total. The normalized spacial score (nSPS) is 12.2. The van der Waals surface area contributed by atoms with Gasteiger partial charge in [0.25, 0.3) is 10.0 Å². The van der Waals surface area contributed by atoms with Crippen LogP contribution in [-0.4, -0.2) is 21.8 Å². The van der Waals surface area contributed by atoms with Crippen molar-refractivity contribution < 1.29 is 16.8 Å². The zero-order valence-electron chi connectivity index (χ0n) is 17.2. The smallest absolute Gasteiger partial charge is 0.257 e. The van der Waals surface area contributed by atoms with E-state index in [0.29, 0.717) is 15.9 Å². The van der Waals surface area contributed by atoms with Crippen LogP contribution in [0, 0.1) is 13.8 Å². The Bertz CT molecular complexity index is 1510. The Morgan fingerprint density at radius 3 is 1.94 bits per heavy atom. The lowest BCUT2D eigenvalue weighted by Crippen LogP contribution is -2.30. The van der Waals surface area contributed by atoms with Crippen molar-refractivity contribution in [2.24, 2.45) is 0 Å². The van der Waals surface area contributed by atoms with Crippen molar-refractivity contribution >= 4 is 48.2 Å². The number of nitrogens with one attached hydrogen (secondary N) is 3. The second-order valence-corrected chi connectivity index (χ2v) is 11.4. The highest BCUT2D eigenvalue weighted by Crippen LogP contribution is 2.36. The molecule has 166 valence electrons. The maximum atomic E-state index is 13.5. The van der Waals surface area contributed by atoms with Gasteiger partial charge in [0.15, 0.2) is 0 Å². The van der Waals surface area contributed by atoms with Crippen LogP contribution in [-0.2, 0) is 19.9 Å². The molecule has 0 radical (unpaired) electrons. The van der Waals surface area contributed by atoms with E-state index in [0.717, 1.165) is 11.1 Å². The van der Waals surface area contributed by atoms with E-state index in [1.54, 1.807) is 42.5 Å². The van der Waals surface area contributed by atoms with E-state index in [-0.39, 0.29) is 20.5 Å². The molecule has 0 amide bonds. The molecule has 0 aliphatic heterocycles. The number of hydrogen-bond donors (Lipinski definition) is 3. The summed E-state index contributed by atoms with van der Waals surface area (Å²) in [5, 5.41) is 0.789. The topological polar surface area (TPSA) is 108 Å². The Balaban J connectivity index is 1.79. The van der Waals surface area contributed by atoms with E-state index in [4.69, 9.17) is 11.6 Å². The predicted molar refractivity (Wildman–Crippen MR) is 125 cm³/mol. The van der Waals surface area contributed by atoms with Crippen LogP contribution in [0.1, 0.15) is 11.1 Å². The minimum Gasteiger partial charge on any atom is -0.339 e. The van der Waals surface area contributed by atoms with Gasteiger partial charge in [-0.3, -0.25) is 5.43 Å². The highest BCUT2D eigenvalue weighted by Gasteiger charge is 2.27. The highest BCUT2D eigenvalue weighted by atomic mass is 35.5. The number of anilines is 1. The summed E-state index contributed by atoms with van der Waals surface area (Å²) in [5.74, 6) is -0.0153. The Morgan fingerprint density at radius 2 is 1.34 bits per heavy atom. The van der Waals surface area contributed by atoms with E-state index in [9.17, 15) is 16.8 Å². The molecule has 4 aromatic rings. The molecular weight excluding hydrogens is 470 g/mol. The number of sulfonamides is 1. The van der Waals surface area contributed by atoms with E-state index >= 15 is 0 Å². The minimum atomic E-state index is -3.99. The standard InChI is InChI=1S/C22H20ClN3O4S2/c1-14-3-8-17(9-4-14)31(27,28)21-19-12-7-16(23)13-20(19)24-22(21)25-26-32(29,30)18-10-5-15(2)6-11-18/h3-13,24-26H,1-2H3. The zero-order valence-corrected chi connectivity index (χ0v) is 19.6. The predicted octanol–water partition coefficient (Wildman–Crippen LogP) is 4.58. The summed E-state index contributed by atoms with van der Waals surface area (Å²) in [5.41, 5.74) is 4.82. The van der Waals surface area contributed by atoms with Gasteiger partial charge in [-0.05, 0) is 56.3 Å². The Morgan fingerprint density at radius 1 is 0.781 bits per heavy atom. The van der Waals surface area contributed by atoms with E-state index in [1.165, 1.54) is 24.3 Å². The fourth-order valence-electron chi connectivity index (χ4n) is 3.24. The first kappa shape index (κ1) is 22.3. The molecule has 0 unspecified atom stereocenters. The highest BCUT2D eigenvalue weighted by molar-refractivity contribution is 7.92. The van der Waals surface area contributed by atoms with Gasteiger partial charge in [0.05, 0.1) is 9.79 Å². The SMILES string of the molecule is Cc1ccc(S(=O)(=O)NNc2[nH]c3cc(Cl)ccc3c2S(=O)(=O)c2ccc(C)cc2)cc1. The fourth-order valence-corrected chi connectivity index (χ4v) is 5.83. The Kier molecular flexibility index (Phi) is 5.76. The van der Waals surface area contributed by atoms with Crippen LogP contribution in [0.25, 0.3) is 10.9 Å². The number of aryl methyl sites for hydroxylation is 2. The third-order valence-corrected chi connectivity index (χ3v) is 8.31. The van der Waals surface area contributed by atoms with Crippen molar-refractivity contribution in [3.8, 4) is 0 Å². The zero-order chi connectivity index (χ0) is 23.1. The Labute approximate surface area is 191 Å². The molecule has 1 aromatic heterocycles. The van der Waals surface area contributed by atoms with Crippen LogP contribution in [0.3, 0.4) is 0 Å².